The number of aromatic nitrogens is 2. The fourth-order valence-electron chi connectivity index (χ4n) is 3.79. The van der Waals surface area contributed by atoms with Gasteiger partial charge in [0, 0.05) is 23.3 Å². The normalized spacial score (nSPS) is 12.4. The number of hydrogen-bond donors (Lipinski definition) is 2. The van der Waals surface area contributed by atoms with Crippen LogP contribution in [0.3, 0.4) is 0 Å². The van der Waals surface area contributed by atoms with Crippen LogP contribution < -0.4 is 10.6 Å². The maximum Gasteiger partial charge on any atom is 0.338 e. The van der Waals surface area contributed by atoms with Gasteiger partial charge in [-0.3, -0.25) is 13.6 Å². The van der Waals surface area contributed by atoms with Gasteiger partial charge in [-0.25, -0.2) is 18.2 Å². The van der Waals surface area contributed by atoms with Crippen molar-refractivity contribution in [3.63, 3.8) is 0 Å². The average molecular weight is 625 g/mol. The Morgan fingerprint density at radius 3 is 2.28 bits per heavy atom. The van der Waals surface area contributed by atoms with Crippen molar-refractivity contribution in [1.29, 1.82) is 0 Å². The third kappa shape index (κ3) is 9.08. The predicted molar refractivity (Wildman–Crippen MR) is 164 cm³/mol. The Bertz CT molecular complexity index is 1690. The number of hydrogen-bond acceptors (Lipinski definition) is 9. The van der Waals surface area contributed by atoms with Crippen LogP contribution in [-0.2, 0) is 35.7 Å². The molecule has 0 aliphatic carbocycles. The molecular weight excluding hydrogens is 592 g/mol. The molecule has 2 amide bonds. The van der Waals surface area contributed by atoms with Gasteiger partial charge >= 0.3 is 5.97 Å². The van der Waals surface area contributed by atoms with Gasteiger partial charge in [0.15, 0.2) is 5.13 Å². The van der Waals surface area contributed by atoms with Crippen LogP contribution in [-0.4, -0.2) is 53.6 Å². The van der Waals surface area contributed by atoms with Crippen LogP contribution in [0.5, 0.6) is 0 Å². The molecule has 0 unspecified atom stereocenters. The summed E-state index contributed by atoms with van der Waals surface area (Å²) in [7, 11) is -3.55. The van der Waals surface area contributed by atoms with Crippen molar-refractivity contribution in [2.45, 2.75) is 33.0 Å². The first-order valence-electron chi connectivity index (χ1n) is 13.2. The summed E-state index contributed by atoms with van der Waals surface area (Å²) in [6.45, 7) is 5.13. The Labute approximate surface area is 253 Å². The Morgan fingerprint density at radius 1 is 0.977 bits per heavy atom. The molecule has 0 saturated carbocycles. The molecule has 0 aliphatic rings. The number of nitrogens with one attached hydrogen (secondary N) is 2. The number of benzene rings is 2. The topological polar surface area (TPSA) is 146 Å². The van der Waals surface area contributed by atoms with E-state index in [1.807, 2.05) is 30.3 Å². The van der Waals surface area contributed by atoms with E-state index in [9.17, 15) is 22.8 Å². The summed E-state index contributed by atoms with van der Waals surface area (Å²) in [5.41, 5.74) is 2.23. The first-order chi connectivity index (χ1) is 20.3. The van der Waals surface area contributed by atoms with Gasteiger partial charge < -0.3 is 20.1 Å². The highest BCUT2D eigenvalue weighted by molar-refractivity contribution is 7.89. The summed E-state index contributed by atoms with van der Waals surface area (Å²) in [6, 6.07) is 17.5. The number of carbonyl (C=O) groups is 3. The van der Waals surface area contributed by atoms with Gasteiger partial charge in [0.1, 0.15) is 11.5 Å². The molecule has 1 atom stereocenters. The van der Waals surface area contributed by atoms with E-state index in [0.29, 0.717) is 22.0 Å². The van der Waals surface area contributed by atoms with Crippen LogP contribution >= 0.6 is 11.3 Å². The molecule has 4 rings (SSSR count). The minimum atomic E-state index is -3.55. The number of rotatable bonds is 11. The molecule has 0 fully saturated rings. The Kier molecular flexibility index (Phi) is 9.79. The third-order valence-corrected chi connectivity index (χ3v) is 7.65. The highest BCUT2D eigenvalue weighted by Crippen LogP contribution is 2.25. The van der Waals surface area contributed by atoms with E-state index in [2.05, 4.69) is 15.6 Å². The molecule has 43 heavy (non-hydrogen) atoms. The largest absolute Gasteiger partial charge is 0.456 e. The van der Waals surface area contributed by atoms with Crippen molar-refractivity contribution < 1.29 is 32.3 Å². The first kappa shape index (κ1) is 31.6. The van der Waals surface area contributed by atoms with E-state index in [4.69, 9.17) is 9.47 Å². The number of ether oxygens (including phenoxy) is 2. The number of nitrogens with zero attached hydrogens (tertiary/aromatic N) is 2. The van der Waals surface area contributed by atoms with E-state index in [-0.39, 0.29) is 18.9 Å². The van der Waals surface area contributed by atoms with Gasteiger partial charge in [0.05, 0.1) is 36.4 Å². The second-order valence-electron chi connectivity index (χ2n) is 10.6. The molecule has 2 N–H and O–H groups in total. The third-order valence-electron chi connectivity index (χ3n) is 5.90. The Morgan fingerprint density at radius 2 is 1.65 bits per heavy atom. The molecule has 2 aromatic carbocycles. The van der Waals surface area contributed by atoms with Crippen LogP contribution in [0.2, 0.25) is 0 Å². The highest BCUT2D eigenvalue weighted by Gasteiger charge is 2.29. The van der Waals surface area contributed by atoms with Gasteiger partial charge in [-0.05, 0) is 44.5 Å². The standard InChI is InChI=1S/C30H32N4O7S2/c1-30(2,3)41-28(37)22-12-10-20(11-13-22)17-40-18-24(26(35)31-23-14-15-34(16-23)43(4,38)39)27(36)33-29-32-25(19-42-29)21-8-6-5-7-9-21/h5-16,19,24H,17-18H2,1-4H3,(H,31,35)(H,32,33,36)/t24-/m0/s1. The number of esters is 1. The zero-order chi connectivity index (χ0) is 31.2. The quantitative estimate of drug-likeness (QED) is 0.179. The molecule has 4 aromatic rings. The van der Waals surface area contributed by atoms with Crippen LogP contribution in [0.4, 0.5) is 10.8 Å². The lowest BCUT2D eigenvalue weighted by Crippen LogP contribution is -2.37. The minimum absolute atomic E-state index is 0.0610. The molecule has 2 aromatic heterocycles. The van der Waals surface area contributed by atoms with Crippen LogP contribution in [0, 0.1) is 5.92 Å². The lowest BCUT2D eigenvalue weighted by Gasteiger charge is -2.19. The zero-order valence-electron chi connectivity index (χ0n) is 24.1. The van der Waals surface area contributed by atoms with Crippen molar-refractivity contribution in [3.05, 3.63) is 89.6 Å². The fourth-order valence-corrected chi connectivity index (χ4v) is 5.10. The molecule has 0 aliphatic heterocycles. The maximum absolute atomic E-state index is 13.3. The summed E-state index contributed by atoms with van der Waals surface area (Å²) in [6.07, 6.45) is 3.56. The average Bonchev–Trinajstić information content (AvgIpc) is 3.61. The van der Waals surface area contributed by atoms with E-state index < -0.39 is 39.3 Å². The second-order valence-corrected chi connectivity index (χ2v) is 13.4. The lowest BCUT2D eigenvalue weighted by atomic mass is 10.1. The summed E-state index contributed by atoms with van der Waals surface area (Å²) in [5.74, 6) is -3.08. The molecule has 0 radical (unpaired) electrons. The Hall–Kier alpha value is -4.33. The van der Waals surface area contributed by atoms with Crippen LogP contribution in [0.15, 0.2) is 78.4 Å². The first-order valence-corrected chi connectivity index (χ1v) is 15.9. The Balaban J connectivity index is 1.44. The molecular formula is C30H32N4O7S2. The van der Waals surface area contributed by atoms with Crippen molar-refractivity contribution in [2.75, 3.05) is 23.5 Å². The lowest BCUT2D eigenvalue weighted by molar-refractivity contribution is -0.132. The van der Waals surface area contributed by atoms with Gasteiger partial charge in [-0.1, -0.05) is 42.5 Å². The van der Waals surface area contributed by atoms with Crippen molar-refractivity contribution in [3.8, 4) is 11.3 Å². The maximum atomic E-state index is 13.3. The van der Waals surface area contributed by atoms with Crippen molar-refractivity contribution in [1.82, 2.24) is 8.96 Å². The smallest absolute Gasteiger partial charge is 0.338 e. The van der Waals surface area contributed by atoms with Gasteiger partial charge in [-0.2, -0.15) is 0 Å². The molecule has 226 valence electrons. The SMILES string of the molecule is CC(C)(C)OC(=O)c1ccc(COC[C@@H](C(=O)Nc2ccn(S(C)(=O)=O)c2)C(=O)Nc2nc(-c3ccccc3)cs2)cc1. The summed E-state index contributed by atoms with van der Waals surface area (Å²) in [5, 5.41) is 7.38. The van der Waals surface area contributed by atoms with Gasteiger partial charge in [0.25, 0.3) is 0 Å². The molecule has 0 saturated heterocycles. The molecule has 11 nitrogen and oxygen atoms in total. The van der Waals surface area contributed by atoms with Gasteiger partial charge in [0.2, 0.25) is 21.8 Å². The van der Waals surface area contributed by atoms with Crippen molar-refractivity contribution >= 4 is 50.0 Å². The molecule has 2 heterocycles. The fraction of sp³-hybridized carbons (Fsp3) is 0.267. The number of anilines is 2. The summed E-state index contributed by atoms with van der Waals surface area (Å²) >= 11 is 1.22. The van der Waals surface area contributed by atoms with E-state index in [0.717, 1.165) is 15.8 Å². The monoisotopic (exact) mass is 624 g/mol. The predicted octanol–water partition coefficient (Wildman–Crippen LogP) is 4.78. The van der Waals surface area contributed by atoms with Crippen LogP contribution in [0.1, 0.15) is 36.7 Å². The van der Waals surface area contributed by atoms with Gasteiger partial charge in [-0.15, -0.1) is 11.3 Å². The van der Waals surface area contributed by atoms with E-state index >= 15 is 0 Å². The van der Waals surface area contributed by atoms with Crippen molar-refractivity contribution in [2.24, 2.45) is 5.92 Å². The number of amides is 2. The summed E-state index contributed by atoms with van der Waals surface area (Å²) in [4.78, 5) is 43.3. The van der Waals surface area contributed by atoms with E-state index in [1.165, 1.54) is 29.8 Å². The van der Waals surface area contributed by atoms with Crippen LogP contribution in [0.25, 0.3) is 11.3 Å². The summed E-state index contributed by atoms with van der Waals surface area (Å²) < 4.78 is 35.7. The molecule has 0 spiro atoms. The molecule has 13 heteroatoms. The molecule has 0 bridgehead atoms. The second kappa shape index (κ2) is 13.3. The van der Waals surface area contributed by atoms with E-state index in [1.54, 1.807) is 50.4 Å². The number of carbonyl (C=O) groups excluding carboxylic acids is 3. The number of thiazole rings is 1. The zero-order valence-corrected chi connectivity index (χ0v) is 25.7. The highest BCUT2D eigenvalue weighted by atomic mass is 32.2. The minimum Gasteiger partial charge on any atom is -0.456 e.